The minimum atomic E-state index is -0.487. The van der Waals surface area contributed by atoms with E-state index in [1.807, 2.05) is 10.8 Å². The number of nitro groups is 1. The van der Waals surface area contributed by atoms with Gasteiger partial charge in [-0.2, -0.15) is 0 Å². The van der Waals surface area contributed by atoms with Crippen LogP contribution in [0, 0.1) is 10.1 Å². The van der Waals surface area contributed by atoms with Crippen LogP contribution in [0.4, 0.5) is 11.4 Å². The zero-order valence-electron chi connectivity index (χ0n) is 11.0. The topological polar surface area (TPSA) is 77.2 Å². The Hall–Kier alpha value is -2.15. The Balaban J connectivity index is 1.83. The van der Waals surface area contributed by atoms with Gasteiger partial charge in [0.05, 0.1) is 4.92 Å². The molecule has 1 N–H and O–H groups in total. The highest BCUT2D eigenvalue weighted by Crippen LogP contribution is 2.37. The summed E-state index contributed by atoms with van der Waals surface area (Å²) in [5, 5.41) is 13.5. The van der Waals surface area contributed by atoms with Crippen molar-refractivity contribution >= 4 is 33.2 Å². The molecule has 1 aliphatic carbocycles. The summed E-state index contributed by atoms with van der Waals surface area (Å²) in [6.45, 7) is 0. The first kappa shape index (κ1) is 13.8. The Morgan fingerprint density at radius 1 is 1.38 bits per heavy atom. The Bertz CT molecular complexity index is 722. The predicted octanol–water partition coefficient (Wildman–Crippen LogP) is 3.75. The maximum atomic E-state index is 12.3. The average Bonchev–Trinajstić information content (AvgIpc) is 3.21. The maximum absolute atomic E-state index is 12.3. The summed E-state index contributed by atoms with van der Waals surface area (Å²) in [4.78, 5) is 22.6. The van der Waals surface area contributed by atoms with E-state index in [-0.39, 0.29) is 11.6 Å². The first-order chi connectivity index (χ1) is 10.0. The van der Waals surface area contributed by atoms with Gasteiger partial charge in [0, 0.05) is 34.5 Å². The van der Waals surface area contributed by atoms with E-state index in [9.17, 15) is 14.9 Å². The van der Waals surface area contributed by atoms with Crippen LogP contribution in [0.25, 0.3) is 0 Å². The molecular weight excluding hydrogens is 338 g/mol. The van der Waals surface area contributed by atoms with Crippen molar-refractivity contribution in [2.45, 2.75) is 18.9 Å². The molecule has 1 aliphatic rings. The molecule has 108 valence electrons. The molecule has 3 rings (SSSR count). The number of anilines is 1. The monoisotopic (exact) mass is 349 g/mol. The quantitative estimate of drug-likeness (QED) is 0.674. The number of hydrogen-bond donors (Lipinski definition) is 1. The van der Waals surface area contributed by atoms with Crippen molar-refractivity contribution in [3.63, 3.8) is 0 Å². The second-order valence-corrected chi connectivity index (χ2v) is 5.86. The van der Waals surface area contributed by atoms with Crippen LogP contribution in [-0.2, 0) is 0 Å². The molecule has 21 heavy (non-hydrogen) atoms. The van der Waals surface area contributed by atoms with Crippen molar-refractivity contribution in [2.75, 3.05) is 5.32 Å². The molecule has 0 unspecified atom stereocenters. The standard InChI is InChI=1S/C14H12BrN3O3/c15-9-6-13(17(8-9)11-4-5-11)14(19)16-10-2-1-3-12(7-10)18(20)21/h1-3,6-8,11H,4-5H2,(H,16,19). The third-order valence-electron chi connectivity index (χ3n) is 3.30. The zero-order valence-corrected chi connectivity index (χ0v) is 12.5. The van der Waals surface area contributed by atoms with Crippen LogP contribution < -0.4 is 5.32 Å². The van der Waals surface area contributed by atoms with Gasteiger partial charge in [0.25, 0.3) is 11.6 Å². The fourth-order valence-corrected chi connectivity index (χ4v) is 2.61. The van der Waals surface area contributed by atoms with Crippen molar-refractivity contribution in [2.24, 2.45) is 0 Å². The molecular formula is C14H12BrN3O3. The van der Waals surface area contributed by atoms with Crippen LogP contribution in [0.15, 0.2) is 41.0 Å². The Kier molecular flexibility index (Phi) is 3.50. The van der Waals surface area contributed by atoms with Gasteiger partial charge in [0.15, 0.2) is 0 Å². The number of nitro benzene ring substituents is 1. The molecule has 1 amide bonds. The fraction of sp³-hybridized carbons (Fsp3) is 0.214. The SMILES string of the molecule is O=C(Nc1cccc([N+](=O)[O-])c1)c1cc(Br)cn1C1CC1. The molecule has 7 heteroatoms. The lowest BCUT2D eigenvalue weighted by Crippen LogP contribution is -2.16. The number of nitrogens with zero attached hydrogens (tertiary/aromatic N) is 2. The number of carbonyl (C=O) groups is 1. The Morgan fingerprint density at radius 3 is 2.81 bits per heavy atom. The van der Waals surface area contributed by atoms with Gasteiger partial charge in [-0.15, -0.1) is 0 Å². The average molecular weight is 350 g/mol. The maximum Gasteiger partial charge on any atom is 0.272 e. The van der Waals surface area contributed by atoms with Crippen LogP contribution in [0.1, 0.15) is 29.4 Å². The number of halogens is 1. The number of aromatic nitrogens is 1. The number of amides is 1. The van der Waals surface area contributed by atoms with E-state index >= 15 is 0 Å². The second kappa shape index (κ2) is 5.33. The third kappa shape index (κ3) is 2.97. The predicted molar refractivity (Wildman–Crippen MR) is 81.5 cm³/mol. The summed E-state index contributed by atoms with van der Waals surface area (Å²) >= 11 is 3.37. The fourth-order valence-electron chi connectivity index (χ4n) is 2.17. The van der Waals surface area contributed by atoms with Crippen molar-refractivity contribution in [1.29, 1.82) is 0 Å². The van der Waals surface area contributed by atoms with E-state index in [0.29, 0.717) is 17.4 Å². The molecule has 1 aromatic heterocycles. The molecule has 0 aliphatic heterocycles. The van der Waals surface area contributed by atoms with Crippen molar-refractivity contribution in [1.82, 2.24) is 4.57 Å². The molecule has 0 radical (unpaired) electrons. The van der Waals surface area contributed by atoms with Gasteiger partial charge in [0.1, 0.15) is 5.69 Å². The highest BCUT2D eigenvalue weighted by Gasteiger charge is 2.27. The molecule has 1 heterocycles. The van der Waals surface area contributed by atoms with Gasteiger partial charge >= 0.3 is 0 Å². The molecule has 2 aromatic rings. The van der Waals surface area contributed by atoms with E-state index in [1.165, 1.54) is 12.1 Å². The molecule has 1 saturated carbocycles. The number of carbonyl (C=O) groups excluding carboxylic acids is 1. The lowest BCUT2D eigenvalue weighted by Gasteiger charge is -2.08. The van der Waals surface area contributed by atoms with Crippen LogP contribution in [0.2, 0.25) is 0 Å². The lowest BCUT2D eigenvalue weighted by atomic mass is 10.2. The minimum absolute atomic E-state index is 0.0495. The molecule has 0 bridgehead atoms. The third-order valence-corrected chi connectivity index (χ3v) is 3.74. The van der Waals surface area contributed by atoms with Crippen LogP contribution in [0.5, 0.6) is 0 Å². The number of non-ortho nitro benzene ring substituents is 1. The van der Waals surface area contributed by atoms with Crippen molar-refractivity contribution in [3.05, 3.63) is 56.8 Å². The summed E-state index contributed by atoms with van der Waals surface area (Å²) in [6, 6.07) is 8.04. The minimum Gasteiger partial charge on any atom is -0.339 e. The summed E-state index contributed by atoms with van der Waals surface area (Å²) in [6.07, 6.45) is 4.02. The van der Waals surface area contributed by atoms with Gasteiger partial charge < -0.3 is 9.88 Å². The van der Waals surface area contributed by atoms with Crippen molar-refractivity contribution in [3.8, 4) is 0 Å². The largest absolute Gasteiger partial charge is 0.339 e. The molecule has 0 atom stereocenters. The van der Waals surface area contributed by atoms with Gasteiger partial charge in [0.2, 0.25) is 0 Å². The lowest BCUT2D eigenvalue weighted by molar-refractivity contribution is -0.384. The van der Waals surface area contributed by atoms with Gasteiger partial charge in [-0.05, 0) is 40.9 Å². The van der Waals surface area contributed by atoms with Crippen LogP contribution >= 0.6 is 15.9 Å². The zero-order chi connectivity index (χ0) is 15.0. The Labute approximate surface area is 129 Å². The van der Waals surface area contributed by atoms with Gasteiger partial charge in [-0.3, -0.25) is 14.9 Å². The molecule has 0 spiro atoms. The highest BCUT2D eigenvalue weighted by molar-refractivity contribution is 9.10. The number of hydrogen-bond acceptors (Lipinski definition) is 3. The highest BCUT2D eigenvalue weighted by atomic mass is 79.9. The Morgan fingerprint density at radius 2 is 2.14 bits per heavy atom. The van der Waals surface area contributed by atoms with Crippen molar-refractivity contribution < 1.29 is 9.72 Å². The van der Waals surface area contributed by atoms with E-state index in [4.69, 9.17) is 0 Å². The normalized spacial score (nSPS) is 14.0. The van der Waals surface area contributed by atoms with Gasteiger partial charge in [-0.1, -0.05) is 6.07 Å². The summed E-state index contributed by atoms with van der Waals surface area (Å²) in [5.74, 6) is -0.270. The van der Waals surface area contributed by atoms with Crippen LogP contribution in [0.3, 0.4) is 0 Å². The first-order valence-electron chi connectivity index (χ1n) is 6.48. The van der Waals surface area contributed by atoms with E-state index in [0.717, 1.165) is 17.3 Å². The first-order valence-corrected chi connectivity index (χ1v) is 7.27. The number of rotatable bonds is 4. The summed E-state index contributed by atoms with van der Waals surface area (Å²) in [7, 11) is 0. The van der Waals surface area contributed by atoms with Gasteiger partial charge in [-0.25, -0.2) is 0 Å². The van der Waals surface area contributed by atoms with E-state index in [2.05, 4.69) is 21.2 Å². The van der Waals surface area contributed by atoms with E-state index in [1.54, 1.807) is 18.2 Å². The summed E-state index contributed by atoms with van der Waals surface area (Å²) in [5.41, 5.74) is 0.913. The molecule has 6 nitrogen and oxygen atoms in total. The second-order valence-electron chi connectivity index (χ2n) is 4.94. The van der Waals surface area contributed by atoms with E-state index < -0.39 is 4.92 Å². The smallest absolute Gasteiger partial charge is 0.272 e. The number of nitrogens with one attached hydrogen (secondary N) is 1. The van der Waals surface area contributed by atoms with Crippen LogP contribution in [-0.4, -0.2) is 15.4 Å². The molecule has 0 saturated heterocycles. The summed E-state index contributed by atoms with van der Waals surface area (Å²) < 4.78 is 2.79. The molecule has 1 aromatic carbocycles. The molecule has 1 fully saturated rings. The number of benzene rings is 1.